The Morgan fingerprint density at radius 1 is 1.40 bits per heavy atom. The third-order valence-electron chi connectivity index (χ3n) is 2.25. The second kappa shape index (κ2) is 3.73. The van der Waals surface area contributed by atoms with Crippen molar-refractivity contribution < 1.29 is 4.39 Å². The van der Waals surface area contributed by atoms with Gasteiger partial charge in [-0.05, 0) is 25.1 Å². The average molecular weight is 205 g/mol. The van der Waals surface area contributed by atoms with Gasteiger partial charge in [0.15, 0.2) is 0 Å². The van der Waals surface area contributed by atoms with E-state index in [2.05, 4.69) is 5.10 Å². The molecule has 2 N–H and O–H groups in total. The van der Waals surface area contributed by atoms with Crippen LogP contribution in [0.25, 0.3) is 0 Å². The van der Waals surface area contributed by atoms with Gasteiger partial charge in [0, 0.05) is 17.4 Å². The molecule has 15 heavy (non-hydrogen) atoms. The molecule has 0 fully saturated rings. The lowest BCUT2D eigenvalue weighted by atomic mass is 10.1. The van der Waals surface area contributed by atoms with E-state index < -0.39 is 0 Å². The van der Waals surface area contributed by atoms with Crippen LogP contribution in [0.3, 0.4) is 0 Å². The van der Waals surface area contributed by atoms with Gasteiger partial charge in [-0.25, -0.2) is 4.39 Å². The van der Waals surface area contributed by atoms with Crippen molar-refractivity contribution in [3.63, 3.8) is 0 Å². The van der Waals surface area contributed by atoms with E-state index in [0.29, 0.717) is 17.8 Å². The third-order valence-corrected chi connectivity index (χ3v) is 2.25. The zero-order valence-electron chi connectivity index (χ0n) is 8.44. The van der Waals surface area contributed by atoms with Crippen molar-refractivity contribution in [3.05, 3.63) is 47.5 Å². The van der Waals surface area contributed by atoms with Crippen LogP contribution in [0, 0.1) is 12.7 Å². The van der Waals surface area contributed by atoms with Crippen molar-refractivity contribution >= 4 is 5.69 Å². The molecule has 0 radical (unpaired) electrons. The van der Waals surface area contributed by atoms with Gasteiger partial charge in [0.1, 0.15) is 5.82 Å². The number of benzene rings is 1. The van der Waals surface area contributed by atoms with E-state index in [1.165, 1.54) is 6.07 Å². The second-order valence-electron chi connectivity index (χ2n) is 3.46. The highest BCUT2D eigenvalue weighted by Gasteiger charge is 2.06. The molecule has 1 heterocycles. The van der Waals surface area contributed by atoms with Crippen molar-refractivity contribution in [1.82, 2.24) is 9.78 Å². The van der Waals surface area contributed by atoms with Crippen LogP contribution >= 0.6 is 0 Å². The molecule has 0 spiro atoms. The number of nitrogens with two attached hydrogens (primary N) is 1. The summed E-state index contributed by atoms with van der Waals surface area (Å²) in [5.74, 6) is -0.289. The Kier molecular flexibility index (Phi) is 2.41. The number of rotatable bonds is 2. The number of nitrogens with zero attached hydrogens (tertiary/aromatic N) is 2. The van der Waals surface area contributed by atoms with Gasteiger partial charge in [-0.3, -0.25) is 4.68 Å². The highest BCUT2D eigenvalue weighted by molar-refractivity contribution is 5.47. The van der Waals surface area contributed by atoms with Crippen LogP contribution in [-0.2, 0) is 6.54 Å². The van der Waals surface area contributed by atoms with Crippen LogP contribution < -0.4 is 5.73 Å². The SMILES string of the molecule is Cc1ccn(Cc2c(N)cccc2F)n1. The Bertz CT molecular complexity index is 456. The minimum atomic E-state index is -0.289. The molecular weight excluding hydrogens is 193 g/mol. The number of nitrogen functional groups attached to an aromatic ring is 1. The number of hydrogen-bond acceptors (Lipinski definition) is 2. The Hall–Kier alpha value is -1.84. The molecule has 0 atom stereocenters. The van der Waals surface area contributed by atoms with Crippen LogP contribution in [-0.4, -0.2) is 9.78 Å². The minimum absolute atomic E-state index is 0.289. The molecule has 2 aromatic rings. The van der Waals surface area contributed by atoms with Gasteiger partial charge in [-0.15, -0.1) is 0 Å². The molecule has 0 aliphatic carbocycles. The number of anilines is 1. The quantitative estimate of drug-likeness (QED) is 0.761. The Morgan fingerprint density at radius 2 is 2.20 bits per heavy atom. The Labute approximate surface area is 87.3 Å². The molecule has 0 saturated heterocycles. The molecule has 1 aromatic carbocycles. The van der Waals surface area contributed by atoms with E-state index in [0.717, 1.165) is 5.69 Å². The predicted molar refractivity (Wildman–Crippen MR) is 56.9 cm³/mol. The van der Waals surface area contributed by atoms with Gasteiger partial charge < -0.3 is 5.73 Å². The standard InChI is InChI=1S/C11H12FN3/c1-8-5-6-15(14-8)7-9-10(12)3-2-4-11(9)13/h2-6H,7,13H2,1H3. The molecule has 0 unspecified atom stereocenters. The van der Waals surface area contributed by atoms with Gasteiger partial charge in [-0.2, -0.15) is 5.10 Å². The maximum atomic E-state index is 13.4. The summed E-state index contributed by atoms with van der Waals surface area (Å²) < 4.78 is 15.1. The normalized spacial score (nSPS) is 10.5. The van der Waals surface area contributed by atoms with Gasteiger partial charge in [0.25, 0.3) is 0 Å². The fraction of sp³-hybridized carbons (Fsp3) is 0.182. The Morgan fingerprint density at radius 3 is 2.80 bits per heavy atom. The van der Waals surface area contributed by atoms with Crippen LogP contribution in [0.1, 0.15) is 11.3 Å². The average Bonchev–Trinajstić information content (AvgIpc) is 2.58. The van der Waals surface area contributed by atoms with E-state index in [9.17, 15) is 4.39 Å². The summed E-state index contributed by atoms with van der Waals surface area (Å²) in [4.78, 5) is 0. The summed E-state index contributed by atoms with van der Waals surface area (Å²) >= 11 is 0. The van der Waals surface area contributed by atoms with Crippen molar-refractivity contribution in [1.29, 1.82) is 0 Å². The molecule has 4 heteroatoms. The van der Waals surface area contributed by atoms with E-state index in [4.69, 9.17) is 5.73 Å². The lowest BCUT2D eigenvalue weighted by molar-refractivity contribution is 0.585. The van der Waals surface area contributed by atoms with Gasteiger partial charge in [-0.1, -0.05) is 6.07 Å². The number of halogens is 1. The number of hydrogen-bond donors (Lipinski definition) is 1. The zero-order valence-corrected chi connectivity index (χ0v) is 8.44. The van der Waals surface area contributed by atoms with Crippen molar-refractivity contribution in [3.8, 4) is 0 Å². The minimum Gasteiger partial charge on any atom is -0.398 e. The summed E-state index contributed by atoms with van der Waals surface area (Å²) in [5, 5.41) is 4.18. The number of aryl methyl sites for hydroxylation is 1. The summed E-state index contributed by atoms with van der Waals surface area (Å²) in [7, 11) is 0. The second-order valence-corrected chi connectivity index (χ2v) is 3.46. The third kappa shape index (κ3) is 1.98. The summed E-state index contributed by atoms with van der Waals surface area (Å²) in [5.41, 5.74) is 7.55. The summed E-state index contributed by atoms with van der Waals surface area (Å²) in [6.07, 6.45) is 1.81. The topological polar surface area (TPSA) is 43.8 Å². The van der Waals surface area contributed by atoms with Gasteiger partial charge in [0.05, 0.1) is 12.2 Å². The van der Waals surface area contributed by atoms with Crippen LogP contribution in [0.4, 0.5) is 10.1 Å². The van der Waals surface area contributed by atoms with Crippen LogP contribution in [0.2, 0.25) is 0 Å². The number of aromatic nitrogens is 2. The summed E-state index contributed by atoms with van der Waals surface area (Å²) in [6, 6.07) is 6.57. The molecule has 1 aromatic heterocycles. The highest BCUT2D eigenvalue weighted by atomic mass is 19.1. The molecule has 0 amide bonds. The molecular formula is C11H12FN3. The first-order valence-corrected chi connectivity index (χ1v) is 4.70. The first-order chi connectivity index (χ1) is 7.16. The molecule has 0 bridgehead atoms. The molecule has 0 aliphatic rings. The monoisotopic (exact) mass is 205 g/mol. The molecule has 2 rings (SSSR count). The van der Waals surface area contributed by atoms with Crippen molar-refractivity contribution in [2.24, 2.45) is 0 Å². The predicted octanol–water partition coefficient (Wildman–Crippen LogP) is 1.96. The van der Waals surface area contributed by atoms with Gasteiger partial charge >= 0.3 is 0 Å². The maximum Gasteiger partial charge on any atom is 0.130 e. The Balaban J connectivity index is 2.31. The molecule has 0 saturated carbocycles. The first kappa shape index (κ1) is 9.71. The van der Waals surface area contributed by atoms with Crippen molar-refractivity contribution in [2.75, 3.05) is 5.73 Å². The van der Waals surface area contributed by atoms with Gasteiger partial charge in [0.2, 0.25) is 0 Å². The molecule has 78 valence electrons. The van der Waals surface area contributed by atoms with Crippen LogP contribution in [0.15, 0.2) is 30.5 Å². The van der Waals surface area contributed by atoms with Crippen LogP contribution in [0.5, 0.6) is 0 Å². The van der Waals surface area contributed by atoms with E-state index in [1.807, 2.05) is 13.0 Å². The highest BCUT2D eigenvalue weighted by Crippen LogP contribution is 2.16. The van der Waals surface area contributed by atoms with Crippen molar-refractivity contribution in [2.45, 2.75) is 13.5 Å². The van der Waals surface area contributed by atoms with E-state index >= 15 is 0 Å². The summed E-state index contributed by atoms with van der Waals surface area (Å²) in [6.45, 7) is 2.26. The smallest absolute Gasteiger partial charge is 0.130 e. The van der Waals surface area contributed by atoms with E-state index in [-0.39, 0.29) is 5.82 Å². The lowest BCUT2D eigenvalue weighted by Gasteiger charge is -2.06. The first-order valence-electron chi connectivity index (χ1n) is 4.70. The molecule has 3 nitrogen and oxygen atoms in total. The fourth-order valence-corrected chi connectivity index (χ4v) is 1.46. The fourth-order valence-electron chi connectivity index (χ4n) is 1.46. The largest absolute Gasteiger partial charge is 0.398 e. The zero-order chi connectivity index (χ0) is 10.8. The van der Waals surface area contributed by atoms with E-state index in [1.54, 1.807) is 23.0 Å². The maximum absolute atomic E-state index is 13.4. The lowest BCUT2D eigenvalue weighted by Crippen LogP contribution is -2.06. The molecule has 0 aliphatic heterocycles.